The summed E-state index contributed by atoms with van der Waals surface area (Å²) < 4.78 is 0. The minimum absolute atomic E-state index is 0.363. The topological polar surface area (TPSA) is 3.24 Å². The highest BCUT2D eigenvalue weighted by atomic mass is 15.1. The minimum Gasteiger partial charge on any atom is -0.290 e. The molecule has 0 rings (SSSR count). The summed E-state index contributed by atoms with van der Waals surface area (Å²) in [6.45, 7) is 8.71. The van der Waals surface area contributed by atoms with Gasteiger partial charge in [0.15, 0.2) is 0 Å². The highest BCUT2D eigenvalue weighted by Gasteiger charge is 2.11. The number of hydrogen-bond donors (Lipinski definition) is 0. The predicted molar refractivity (Wildman–Crippen MR) is 59.7 cm³/mol. The summed E-state index contributed by atoms with van der Waals surface area (Å²) >= 11 is 0. The van der Waals surface area contributed by atoms with Crippen LogP contribution in [0.3, 0.4) is 0 Å². The van der Waals surface area contributed by atoms with Crippen LogP contribution in [0.4, 0.5) is 0 Å². The highest BCUT2D eigenvalue weighted by Crippen LogP contribution is 2.08. The normalized spacial score (nSPS) is 12.8. The van der Waals surface area contributed by atoms with Gasteiger partial charge >= 0.3 is 0 Å². The van der Waals surface area contributed by atoms with Gasteiger partial charge in [-0.2, -0.15) is 0 Å². The van der Waals surface area contributed by atoms with Crippen molar-refractivity contribution in [1.82, 2.24) is 4.90 Å². The monoisotopic (exact) mass is 181 g/mol. The maximum Gasteiger partial charge on any atom is 0.0711 e. The van der Waals surface area contributed by atoms with Gasteiger partial charge in [-0.25, -0.2) is 0 Å². The Labute approximate surface area is 83.5 Å². The second-order valence-electron chi connectivity index (χ2n) is 3.40. The average molecular weight is 181 g/mol. The van der Waals surface area contributed by atoms with E-state index in [-0.39, 0.29) is 0 Å². The average Bonchev–Trinajstić information content (AvgIpc) is 2.17. The molecule has 1 unspecified atom stereocenters. The molecule has 0 fully saturated rings. The van der Waals surface area contributed by atoms with Crippen LogP contribution in [0.2, 0.25) is 0 Å². The van der Waals surface area contributed by atoms with Crippen LogP contribution in [0, 0.1) is 12.3 Å². The summed E-state index contributed by atoms with van der Waals surface area (Å²) in [5.74, 6) is 2.89. The molecule has 0 saturated heterocycles. The van der Waals surface area contributed by atoms with Crippen molar-refractivity contribution in [1.29, 1.82) is 0 Å². The summed E-state index contributed by atoms with van der Waals surface area (Å²) in [4.78, 5) is 2.36. The van der Waals surface area contributed by atoms with E-state index in [1.54, 1.807) is 0 Å². The van der Waals surface area contributed by atoms with Gasteiger partial charge in [0.25, 0.3) is 0 Å². The summed E-state index contributed by atoms with van der Waals surface area (Å²) in [6.07, 6.45) is 10.5. The molecule has 0 aliphatic carbocycles. The van der Waals surface area contributed by atoms with Crippen LogP contribution in [0.15, 0.2) is 0 Å². The zero-order chi connectivity index (χ0) is 10.1. The summed E-state index contributed by atoms with van der Waals surface area (Å²) in [5.41, 5.74) is 0. The molecule has 0 amide bonds. The number of hydrogen-bond acceptors (Lipinski definition) is 1. The lowest BCUT2D eigenvalue weighted by atomic mass is 10.1. The van der Waals surface area contributed by atoms with Crippen molar-refractivity contribution < 1.29 is 0 Å². The molecule has 0 saturated carbocycles. The number of unbranched alkanes of at least 4 members (excludes halogenated alkanes) is 2. The van der Waals surface area contributed by atoms with Crippen molar-refractivity contribution in [3.8, 4) is 12.3 Å². The quantitative estimate of drug-likeness (QED) is 0.431. The van der Waals surface area contributed by atoms with E-state index >= 15 is 0 Å². The molecular formula is C12H23N. The van der Waals surface area contributed by atoms with Crippen molar-refractivity contribution in [3.63, 3.8) is 0 Å². The second kappa shape index (κ2) is 8.13. The first-order valence-electron chi connectivity index (χ1n) is 5.50. The van der Waals surface area contributed by atoms with Gasteiger partial charge in [0.1, 0.15) is 0 Å². The molecule has 0 radical (unpaired) electrons. The van der Waals surface area contributed by atoms with E-state index in [0.717, 1.165) is 19.5 Å². The Morgan fingerprint density at radius 1 is 1.15 bits per heavy atom. The Morgan fingerprint density at radius 2 is 1.77 bits per heavy atom. The predicted octanol–water partition coefficient (Wildman–Crippen LogP) is 2.91. The maximum absolute atomic E-state index is 5.52. The fraction of sp³-hybridized carbons (Fsp3) is 0.833. The van der Waals surface area contributed by atoms with Crippen LogP contribution in [-0.4, -0.2) is 24.0 Å². The van der Waals surface area contributed by atoms with Crippen molar-refractivity contribution in [2.24, 2.45) is 0 Å². The van der Waals surface area contributed by atoms with Crippen LogP contribution in [0.25, 0.3) is 0 Å². The Balaban J connectivity index is 3.80. The van der Waals surface area contributed by atoms with Crippen LogP contribution in [0.1, 0.15) is 46.5 Å². The molecule has 1 nitrogen and oxygen atoms in total. The largest absolute Gasteiger partial charge is 0.290 e. The molecule has 0 heterocycles. The standard InChI is InChI=1S/C12H23N/c1-5-9-10-11-12(6-2)13(7-3)8-4/h2,12H,5,7-11H2,1,3-4H3. The molecule has 0 bridgehead atoms. The fourth-order valence-corrected chi connectivity index (χ4v) is 1.62. The van der Waals surface area contributed by atoms with E-state index in [4.69, 9.17) is 6.42 Å². The maximum atomic E-state index is 5.52. The zero-order valence-electron chi connectivity index (χ0n) is 9.34. The lowest BCUT2D eigenvalue weighted by Gasteiger charge is -2.25. The van der Waals surface area contributed by atoms with E-state index < -0.39 is 0 Å². The summed E-state index contributed by atoms with van der Waals surface area (Å²) in [6, 6.07) is 0.363. The van der Waals surface area contributed by atoms with Gasteiger partial charge in [0.2, 0.25) is 0 Å². The molecule has 1 heteroatoms. The molecule has 0 N–H and O–H groups in total. The van der Waals surface area contributed by atoms with Crippen LogP contribution >= 0.6 is 0 Å². The third-order valence-electron chi connectivity index (χ3n) is 2.53. The molecule has 0 aliphatic rings. The van der Waals surface area contributed by atoms with Crippen molar-refractivity contribution >= 4 is 0 Å². The molecule has 1 atom stereocenters. The first-order chi connectivity index (χ1) is 6.29. The Bertz CT molecular complexity index is 142. The fourth-order valence-electron chi connectivity index (χ4n) is 1.62. The third-order valence-corrected chi connectivity index (χ3v) is 2.53. The molecule has 76 valence electrons. The van der Waals surface area contributed by atoms with Gasteiger partial charge < -0.3 is 0 Å². The first kappa shape index (κ1) is 12.5. The zero-order valence-corrected chi connectivity index (χ0v) is 9.34. The molecule has 0 aromatic heterocycles. The summed E-state index contributed by atoms with van der Waals surface area (Å²) in [5, 5.41) is 0. The number of terminal acetylenes is 1. The van der Waals surface area contributed by atoms with Gasteiger partial charge in [-0.3, -0.25) is 4.90 Å². The van der Waals surface area contributed by atoms with E-state index in [2.05, 4.69) is 31.6 Å². The van der Waals surface area contributed by atoms with Gasteiger partial charge in [0.05, 0.1) is 6.04 Å². The van der Waals surface area contributed by atoms with E-state index in [1.165, 1.54) is 19.3 Å². The smallest absolute Gasteiger partial charge is 0.0711 e. The van der Waals surface area contributed by atoms with E-state index in [1.807, 2.05) is 0 Å². The van der Waals surface area contributed by atoms with Gasteiger partial charge in [-0.05, 0) is 19.5 Å². The Hall–Kier alpha value is -0.480. The second-order valence-corrected chi connectivity index (χ2v) is 3.40. The van der Waals surface area contributed by atoms with Crippen molar-refractivity contribution in [2.45, 2.75) is 52.5 Å². The molecule has 0 aromatic rings. The highest BCUT2D eigenvalue weighted by molar-refractivity contribution is 4.99. The van der Waals surface area contributed by atoms with E-state index in [0.29, 0.717) is 6.04 Å². The molecule has 0 aromatic carbocycles. The SMILES string of the molecule is C#CC(CCCCC)N(CC)CC. The van der Waals surface area contributed by atoms with Gasteiger partial charge in [-0.1, -0.05) is 46.0 Å². The minimum atomic E-state index is 0.363. The molecule has 0 aliphatic heterocycles. The Kier molecular flexibility index (Phi) is 7.83. The van der Waals surface area contributed by atoms with E-state index in [9.17, 15) is 0 Å². The van der Waals surface area contributed by atoms with Gasteiger partial charge in [0, 0.05) is 0 Å². The first-order valence-corrected chi connectivity index (χ1v) is 5.50. The van der Waals surface area contributed by atoms with Crippen LogP contribution < -0.4 is 0 Å². The lowest BCUT2D eigenvalue weighted by Crippen LogP contribution is -2.33. The van der Waals surface area contributed by atoms with Crippen LogP contribution in [-0.2, 0) is 0 Å². The number of nitrogens with zero attached hydrogens (tertiary/aromatic N) is 1. The molecule has 0 spiro atoms. The summed E-state index contributed by atoms with van der Waals surface area (Å²) in [7, 11) is 0. The van der Waals surface area contributed by atoms with Crippen molar-refractivity contribution in [2.75, 3.05) is 13.1 Å². The third kappa shape index (κ3) is 4.95. The number of rotatable bonds is 7. The molecule has 13 heavy (non-hydrogen) atoms. The van der Waals surface area contributed by atoms with Crippen LogP contribution in [0.5, 0.6) is 0 Å². The van der Waals surface area contributed by atoms with Gasteiger partial charge in [-0.15, -0.1) is 6.42 Å². The van der Waals surface area contributed by atoms with Crippen molar-refractivity contribution in [3.05, 3.63) is 0 Å². The Morgan fingerprint density at radius 3 is 2.15 bits per heavy atom. The molecular weight excluding hydrogens is 158 g/mol. The lowest BCUT2D eigenvalue weighted by molar-refractivity contribution is 0.247.